The van der Waals surface area contributed by atoms with Gasteiger partial charge in [-0.1, -0.05) is 12.8 Å². The third kappa shape index (κ3) is 7.31. The highest BCUT2D eigenvalue weighted by Gasteiger charge is 2.10. The minimum Gasteiger partial charge on any atom is -0.383 e. The molecule has 4 nitrogen and oxygen atoms in total. The molecular formula is C14H31N3O. The van der Waals surface area contributed by atoms with E-state index in [0.29, 0.717) is 6.04 Å². The molecule has 1 unspecified atom stereocenters. The van der Waals surface area contributed by atoms with Gasteiger partial charge in [0.25, 0.3) is 0 Å². The van der Waals surface area contributed by atoms with Gasteiger partial charge in [0, 0.05) is 26.2 Å². The minimum atomic E-state index is 0.463. The Balaban J connectivity index is 2.11. The van der Waals surface area contributed by atoms with Crippen LogP contribution in [0, 0.1) is 0 Å². The predicted octanol–water partition coefficient (Wildman–Crippen LogP) is 1.21. The summed E-state index contributed by atoms with van der Waals surface area (Å²) in [6.45, 7) is 6.36. The fraction of sp³-hybridized carbons (Fsp3) is 1.00. The van der Waals surface area contributed by atoms with Crippen molar-refractivity contribution < 1.29 is 4.74 Å². The molecule has 0 spiro atoms. The summed E-state index contributed by atoms with van der Waals surface area (Å²) in [5.74, 6) is 0. The van der Waals surface area contributed by atoms with Gasteiger partial charge in [0.15, 0.2) is 0 Å². The van der Waals surface area contributed by atoms with E-state index in [2.05, 4.69) is 10.2 Å². The Morgan fingerprint density at radius 3 is 2.56 bits per heavy atom. The number of rotatable bonds is 9. The molecule has 0 aliphatic carbocycles. The zero-order valence-electron chi connectivity index (χ0n) is 12.0. The average molecular weight is 257 g/mol. The first-order chi connectivity index (χ1) is 8.86. The van der Waals surface area contributed by atoms with E-state index in [1.165, 1.54) is 45.3 Å². The molecule has 1 fully saturated rings. The summed E-state index contributed by atoms with van der Waals surface area (Å²) in [5.41, 5.74) is 5.56. The van der Waals surface area contributed by atoms with E-state index >= 15 is 0 Å². The maximum atomic E-state index is 5.56. The Labute approximate surface area is 112 Å². The number of nitrogens with zero attached hydrogens (tertiary/aromatic N) is 1. The number of nitrogens with one attached hydrogen (secondary N) is 1. The van der Waals surface area contributed by atoms with Gasteiger partial charge in [-0.2, -0.15) is 0 Å². The standard InChI is InChI=1S/C14H31N3O/c1-18-13-14(7-6-8-15)16-9-12-17-10-4-2-3-5-11-17/h14,16H,2-13,15H2,1H3. The van der Waals surface area contributed by atoms with Gasteiger partial charge >= 0.3 is 0 Å². The maximum absolute atomic E-state index is 5.56. The van der Waals surface area contributed by atoms with Crippen molar-refractivity contribution >= 4 is 0 Å². The van der Waals surface area contributed by atoms with Crippen LogP contribution in [0.3, 0.4) is 0 Å². The van der Waals surface area contributed by atoms with E-state index in [4.69, 9.17) is 10.5 Å². The molecule has 108 valence electrons. The summed E-state index contributed by atoms with van der Waals surface area (Å²) >= 11 is 0. The van der Waals surface area contributed by atoms with Crippen LogP contribution in [0.1, 0.15) is 38.5 Å². The molecule has 4 heteroatoms. The highest BCUT2D eigenvalue weighted by molar-refractivity contribution is 4.69. The molecule has 3 N–H and O–H groups in total. The smallest absolute Gasteiger partial charge is 0.0615 e. The molecule has 1 aliphatic rings. The average Bonchev–Trinajstić information content (AvgIpc) is 2.64. The van der Waals surface area contributed by atoms with Crippen molar-refractivity contribution in [2.24, 2.45) is 5.73 Å². The number of hydrogen-bond acceptors (Lipinski definition) is 4. The number of ether oxygens (including phenoxy) is 1. The van der Waals surface area contributed by atoms with Gasteiger partial charge in [0.05, 0.1) is 6.61 Å². The first-order valence-corrected chi connectivity index (χ1v) is 7.51. The van der Waals surface area contributed by atoms with Crippen LogP contribution in [0.5, 0.6) is 0 Å². The van der Waals surface area contributed by atoms with E-state index < -0.39 is 0 Å². The quantitative estimate of drug-likeness (QED) is 0.652. The molecule has 1 saturated heterocycles. The van der Waals surface area contributed by atoms with Gasteiger partial charge in [0.2, 0.25) is 0 Å². The van der Waals surface area contributed by atoms with Gasteiger partial charge in [-0.25, -0.2) is 0 Å². The van der Waals surface area contributed by atoms with Crippen LogP contribution in [0.15, 0.2) is 0 Å². The summed E-state index contributed by atoms with van der Waals surface area (Å²) in [5, 5.41) is 3.60. The normalized spacial score (nSPS) is 19.7. The van der Waals surface area contributed by atoms with E-state index in [9.17, 15) is 0 Å². The Morgan fingerprint density at radius 2 is 1.94 bits per heavy atom. The van der Waals surface area contributed by atoms with Crippen molar-refractivity contribution in [3.8, 4) is 0 Å². The van der Waals surface area contributed by atoms with Gasteiger partial charge in [-0.05, 0) is 45.3 Å². The predicted molar refractivity (Wildman–Crippen MR) is 76.9 cm³/mol. The second-order valence-corrected chi connectivity index (χ2v) is 5.29. The van der Waals surface area contributed by atoms with Crippen LogP contribution in [-0.2, 0) is 4.74 Å². The minimum absolute atomic E-state index is 0.463. The highest BCUT2D eigenvalue weighted by Crippen LogP contribution is 2.08. The van der Waals surface area contributed by atoms with Crippen LogP contribution in [-0.4, -0.2) is 57.4 Å². The zero-order valence-corrected chi connectivity index (χ0v) is 12.0. The summed E-state index contributed by atoms with van der Waals surface area (Å²) in [6, 6.07) is 0.463. The first kappa shape index (κ1) is 15.9. The highest BCUT2D eigenvalue weighted by atomic mass is 16.5. The fourth-order valence-electron chi connectivity index (χ4n) is 2.60. The SMILES string of the molecule is COCC(CCCN)NCCN1CCCCCC1. The van der Waals surface area contributed by atoms with E-state index in [1.807, 2.05) is 0 Å². The van der Waals surface area contributed by atoms with Gasteiger partial charge in [-0.3, -0.25) is 0 Å². The Morgan fingerprint density at radius 1 is 1.22 bits per heavy atom. The lowest BCUT2D eigenvalue weighted by Crippen LogP contribution is -2.40. The topological polar surface area (TPSA) is 50.5 Å². The molecule has 1 heterocycles. The van der Waals surface area contributed by atoms with Crippen LogP contribution < -0.4 is 11.1 Å². The molecule has 0 aromatic heterocycles. The second kappa shape index (κ2) is 10.7. The fourth-order valence-corrected chi connectivity index (χ4v) is 2.60. The van der Waals surface area contributed by atoms with Gasteiger partial charge < -0.3 is 20.7 Å². The second-order valence-electron chi connectivity index (χ2n) is 5.29. The monoisotopic (exact) mass is 257 g/mol. The lowest BCUT2D eigenvalue weighted by Gasteiger charge is -2.23. The molecule has 0 aromatic carbocycles. The van der Waals surface area contributed by atoms with Crippen molar-refractivity contribution in [2.75, 3.05) is 46.4 Å². The molecule has 0 radical (unpaired) electrons. The summed E-state index contributed by atoms with van der Waals surface area (Å²) < 4.78 is 5.25. The maximum Gasteiger partial charge on any atom is 0.0615 e. The third-order valence-corrected chi connectivity index (χ3v) is 3.68. The van der Waals surface area contributed by atoms with Gasteiger partial charge in [-0.15, -0.1) is 0 Å². The molecule has 0 saturated carbocycles. The molecule has 0 aromatic rings. The van der Waals surface area contributed by atoms with Crippen LogP contribution in [0.2, 0.25) is 0 Å². The van der Waals surface area contributed by atoms with Crippen molar-refractivity contribution in [3.63, 3.8) is 0 Å². The van der Waals surface area contributed by atoms with Crippen LogP contribution in [0.25, 0.3) is 0 Å². The van der Waals surface area contributed by atoms with Crippen LogP contribution in [0.4, 0.5) is 0 Å². The largest absolute Gasteiger partial charge is 0.383 e. The van der Waals surface area contributed by atoms with Crippen molar-refractivity contribution in [2.45, 2.75) is 44.6 Å². The van der Waals surface area contributed by atoms with Crippen molar-refractivity contribution in [1.82, 2.24) is 10.2 Å². The Bertz CT molecular complexity index is 182. The number of methoxy groups -OCH3 is 1. The summed E-state index contributed by atoms with van der Waals surface area (Å²) in [4.78, 5) is 2.59. The molecule has 18 heavy (non-hydrogen) atoms. The summed E-state index contributed by atoms with van der Waals surface area (Å²) in [6.07, 6.45) is 7.75. The Kier molecular flexibility index (Phi) is 9.48. The Hall–Kier alpha value is -0.160. The number of likely N-dealkylation sites (tertiary alicyclic amines) is 1. The first-order valence-electron chi connectivity index (χ1n) is 7.51. The third-order valence-electron chi connectivity index (χ3n) is 3.68. The zero-order chi connectivity index (χ0) is 13.1. The van der Waals surface area contributed by atoms with Gasteiger partial charge in [0.1, 0.15) is 0 Å². The number of hydrogen-bond donors (Lipinski definition) is 2. The molecule has 1 aliphatic heterocycles. The van der Waals surface area contributed by atoms with E-state index in [-0.39, 0.29) is 0 Å². The van der Waals surface area contributed by atoms with E-state index in [1.54, 1.807) is 7.11 Å². The van der Waals surface area contributed by atoms with Crippen molar-refractivity contribution in [1.29, 1.82) is 0 Å². The lowest BCUT2D eigenvalue weighted by molar-refractivity contribution is 0.158. The number of nitrogens with two attached hydrogens (primary N) is 1. The van der Waals surface area contributed by atoms with Crippen molar-refractivity contribution in [3.05, 3.63) is 0 Å². The molecule has 0 bridgehead atoms. The molecule has 1 atom stereocenters. The molecule has 0 amide bonds. The van der Waals surface area contributed by atoms with E-state index in [0.717, 1.165) is 32.5 Å². The van der Waals surface area contributed by atoms with Crippen LogP contribution >= 0.6 is 0 Å². The molecular weight excluding hydrogens is 226 g/mol. The molecule has 1 rings (SSSR count). The lowest BCUT2D eigenvalue weighted by atomic mass is 10.1. The summed E-state index contributed by atoms with van der Waals surface area (Å²) in [7, 11) is 1.77.